The Morgan fingerprint density at radius 1 is 1.07 bits per heavy atom. The zero-order valence-electron chi connectivity index (χ0n) is 15.9. The number of sulfonamides is 1. The summed E-state index contributed by atoms with van der Waals surface area (Å²) in [6, 6.07) is 7.50. The monoisotopic (exact) mass is 403 g/mol. The van der Waals surface area contributed by atoms with Crippen molar-refractivity contribution >= 4 is 26.9 Å². The van der Waals surface area contributed by atoms with E-state index in [1.54, 1.807) is 18.7 Å². The summed E-state index contributed by atoms with van der Waals surface area (Å²) >= 11 is 0. The van der Waals surface area contributed by atoms with Crippen LogP contribution < -0.4 is 0 Å². The molecule has 148 valence electrons. The van der Waals surface area contributed by atoms with Crippen LogP contribution in [0.15, 0.2) is 38.1 Å². The van der Waals surface area contributed by atoms with E-state index in [0.29, 0.717) is 17.0 Å². The Bertz CT molecular complexity index is 1130. The first-order valence-corrected chi connectivity index (χ1v) is 10.4. The predicted octanol–water partition coefficient (Wildman–Crippen LogP) is 2.49. The van der Waals surface area contributed by atoms with E-state index in [-0.39, 0.29) is 42.7 Å². The molecular formula is C19H21N3O5S. The number of benzene rings is 1. The van der Waals surface area contributed by atoms with Crippen LogP contribution in [0.25, 0.3) is 11.0 Å². The highest BCUT2D eigenvalue weighted by atomic mass is 32.2. The highest BCUT2D eigenvalue weighted by Crippen LogP contribution is 2.27. The largest absolute Gasteiger partial charge is 0.451 e. The highest BCUT2D eigenvalue weighted by molar-refractivity contribution is 7.89. The van der Waals surface area contributed by atoms with Gasteiger partial charge in [-0.25, -0.2) is 8.42 Å². The van der Waals surface area contributed by atoms with E-state index in [4.69, 9.17) is 8.94 Å². The Kier molecular flexibility index (Phi) is 4.51. The summed E-state index contributed by atoms with van der Waals surface area (Å²) in [5, 5.41) is 4.64. The summed E-state index contributed by atoms with van der Waals surface area (Å²) in [7, 11) is -3.71. The minimum atomic E-state index is -3.71. The van der Waals surface area contributed by atoms with Gasteiger partial charge >= 0.3 is 0 Å². The number of carbonyl (C=O) groups is 1. The average molecular weight is 403 g/mol. The summed E-state index contributed by atoms with van der Waals surface area (Å²) in [6.45, 7) is 6.03. The summed E-state index contributed by atoms with van der Waals surface area (Å²) in [4.78, 5) is 14.7. The van der Waals surface area contributed by atoms with E-state index in [1.807, 2.05) is 31.2 Å². The van der Waals surface area contributed by atoms with Crippen molar-refractivity contribution in [1.29, 1.82) is 0 Å². The summed E-state index contributed by atoms with van der Waals surface area (Å²) in [5.41, 5.74) is 1.81. The topological polar surface area (TPSA) is 96.9 Å². The quantitative estimate of drug-likeness (QED) is 0.667. The molecule has 0 radical (unpaired) electrons. The number of fused-ring (bicyclic) bond motifs is 1. The van der Waals surface area contributed by atoms with Crippen LogP contribution in [0.2, 0.25) is 0 Å². The standard InChI is InChI=1S/C19H21N3O5S/c1-12-15-6-4-5-7-16(15)26-17(12)19(23)21-8-10-22(11-9-21)28(24,25)18-13(2)20-27-14(18)3/h4-7H,8-11H2,1-3H3. The summed E-state index contributed by atoms with van der Waals surface area (Å²) in [6.07, 6.45) is 0. The molecule has 1 aliphatic rings. The molecule has 4 rings (SSSR count). The Hall–Kier alpha value is -2.65. The molecule has 1 amide bonds. The molecule has 28 heavy (non-hydrogen) atoms. The van der Waals surface area contributed by atoms with Crippen LogP contribution in [0.1, 0.15) is 27.6 Å². The van der Waals surface area contributed by atoms with Gasteiger partial charge in [-0.05, 0) is 26.8 Å². The van der Waals surface area contributed by atoms with E-state index >= 15 is 0 Å². The van der Waals surface area contributed by atoms with Gasteiger partial charge in [-0.3, -0.25) is 4.79 Å². The van der Waals surface area contributed by atoms with Crippen LogP contribution in [0.4, 0.5) is 0 Å². The van der Waals surface area contributed by atoms with E-state index in [1.165, 1.54) is 4.31 Å². The van der Waals surface area contributed by atoms with E-state index in [0.717, 1.165) is 10.9 Å². The number of piperazine rings is 1. The molecule has 1 aliphatic heterocycles. The highest BCUT2D eigenvalue weighted by Gasteiger charge is 2.35. The lowest BCUT2D eigenvalue weighted by Gasteiger charge is -2.33. The third kappa shape index (κ3) is 2.91. The zero-order valence-corrected chi connectivity index (χ0v) is 16.7. The Morgan fingerprint density at radius 2 is 1.75 bits per heavy atom. The molecule has 8 nitrogen and oxygen atoms in total. The summed E-state index contributed by atoms with van der Waals surface area (Å²) < 4.78 is 37.9. The molecule has 0 N–H and O–H groups in total. The number of furan rings is 1. The Balaban J connectivity index is 1.52. The maximum atomic E-state index is 12.9. The van der Waals surface area contributed by atoms with Crippen molar-refractivity contribution < 1.29 is 22.2 Å². The second-order valence-electron chi connectivity index (χ2n) is 6.90. The van der Waals surface area contributed by atoms with Gasteiger partial charge in [-0.15, -0.1) is 0 Å². The van der Waals surface area contributed by atoms with Crippen LogP contribution in [0.3, 0.4) is 0 Å². The minimum absolute atomic E-state index is 0.111. The van der Waals surface area contributed by atoms with Gasteiger partial charge in [0.15, 0.2) is 11.5 Å². The van der Waals surface area contributed by atoms with Gasteiger partial charge < -0.3 is 13.8 Å². The number of amides is 1. The predicted molar refractivity (Wildman–Crippen MR) is 102 cm³/mol. The normalized spacial score (nSPS) is 16.0. The molecule has 3 aromatic rings. The lowest BCUT2D eigenvalue weighted by molar-refractivity contribution is 0.0667. The molecule has 1 aromatic carbocycles. The number of carbonyl (C=O) groups excluding carboxylic acids is 1. The fourth-order valence-electron chi connectivity index (χ4n) is 3.63. The van der Waals surface area contributed by atoms with Crippen LogP contribution in [-0.2, 0) is 10.0 Å². The van der Waals surface area contributed by atoms with Crippen molar-refractivity contribution in [2.45, 2.75) is 25.7 Å². The third-order valence-electron chi connectivity index (χ3n) is 5.13. The number of para-hydroxylation sites is 1. The second kappa shape index (κ2) is 6.75. The number of hydrogen-bond donors (Lipinski definition) is 0. The van der Waals surface area contributed by atoms with Crippen LogP contribution >= 0.6 is 0 Å². The number of aromatic nitrogens is 1. The first-order chi connectivity index (χ1) is 13.3. The lowest BCUT2D eigenvalue weighted by atomic mass is 10.1. The maximum Gasteiger partial charge on any atom is 0.289 e. The molecule has 0 saturated carbocycles. The van der Waals surface area contributed by atoms with Crippen molar-refractivity contribution in [1.82, 2.24) is 14.4 Å². The Morgan fingerprint density at radius 3 is 2.36 bits per heavy atom. The molecule has 0 atom stereocenters. The fraction of sp³-hybridized carbons (Fsp3) is 0.368. The molecule has 0 spiro atoms. The third-order valence-corrected chi connectivity index (χ3v) is 7.27. The van der Waals surface area contributed by atoms with Gasteiger partial charge in [-0.1, -0.05) is 23.4 Å². The van der Waals surface area contributed by atoms with E-state index in [9.17, 15) is 13.2 Å². The molecule has 1 fully saturated rings. The van der Waals surface area contributed by atoms with Gasteiger partial charge in [-0.2, -0.15) is 4.31 Å². The first kappa shape index (κ1) is 18.7. The van der Waals surface area contributed by atoms with Crippen LogP contribution in [0, 0.1) is 20.8 Å². The van der Waals surface area contributed by atoms with E-state index < -0.39 is 10.0 Å². The van der Waals surface area contributed by atoms with Gasteiger partial charge in [0.25, 0.3) is 5.91 Å². The first-order valence-electron chi connectivity index (χ1n) is 9.01. The van der Waals surface area contributed by atoms with E-state index in [2.05, 4.69) is 5.16 Å². The lowest BCUT2D eigenvalue weighted by Crippen LogP contribution is -2.50. The van der Waals surface area contributed by atoms with Crippen molar-refractivity contribution in [2.24, 2.45) is 0 Å². The van der Waals surface area contributed by atoms with Crippen molar-refractivity contribution in [2.75, 3.05) is 26.2 Å². The zero-order chi connectivity index (χ0) is 20.1. The molecule has 0 bridgehead atoms. The summed E-state index contributed by atoms with van der Waals surface area (Å²) in [5.74, 6) is 0.361. The van der Waals surface area contributed by atoms with Gasteiger partial charge in [0.2, 0.25) is 10.0 Å². The Labute approximate surface area is 162 Å². The number of nitrogens with zero attached hydrogens (tertiary/aromatic N) is 3. The van der Waals surface area contributed by atoms with Crippen molar-refractivity contribution in [3.8, 4) is 0 Å². The minimum Gasteiger partial charge on any atom is -0.451 e. The average Bonchev–Trinajstić information content (AvgIpc) is 3.21. The molecule has 1 saturated heterocycles. The van der Waals surface area contributed by atoms with Crippen molar-refractivity contribution in [3.63, 3.8) is 0 Å². The molecule has 3 heterocycles. The van der Waals surface area contributed by atoms with Gasteiger partial charge in [0, 0.05) is 37.1 Å². The smallest absolute Gasteiger partial charge is 0.289 e. The number of hydrogen-bond acceptors (Lipinski definition) is 6. The number of rotatable bonds is 3. The molecule has 0 aliphatic carbocycles. The molecule has 0 unspecified atom stereocenters. The maximum absolute atomic E-state index is 12.9. The fourth-order valence-corrected chi connectivity index (χ4v) is 5.34. The second-order valence-corrected chi connectivity index (χ2v) is 8.78. The molecular weight excluding hydrogens is 382 g/mol. The van der Waals surface area contributed by atoms with Gasteiger partial charge in [0.1, 0.15) is 16.2 Å². The van der Waals surface area contributed by atoms with Crippen molar-refractivity contribution in [3.05, 3.63) is 47.0 Å². The molecule has 2 aromatic heterocycles. The molecule has 9 heteroatoms. The van der Waals surface area contributed by atoms with Crippen LogP contribution in [-0.4, -0.2) is 54.9 Å². The number of aryl methyl sites for hydroxylation is 3. The van der Waals surface area contributed by atoms with Crippen LogP contribution in [0.5, 0.6) is 0 Å². The van der Waals surface area contributed by atoms with Gasteiger partial charge in [0.05, 0.1) is 0 Å². The SMILES string of the molecule is Cc1noc(C)c1S(=O)(=O)N1CCN(C(=O)c2oc3ccccc3c2C)CC1.